The first-order valence-corrected chi connectivity index (χ1v) is 10.3. The zero-order chi connectivity index (χ0) is 20.2. The molecule has 0 saturated heterocycles. The number of aryl methyl sites for hydroxylation is 2. The molecule has 29 heavy (non-hydrogen) atoms. The van der Waals surface area contributed by atoms with E-state index in [4.69, 9.17) is 16.1 Å². The smallest absolute Gasteiger partial charge is 0.226 e. The Labute approximate surface area is 176 Å². The van der Waals surface area contributed by atoms with Crippen LogP contribution < -0.4 is 0 Å². The molecule has 2 aromatic carbocycles. The molecule has 0 radical (unpaired) electrons. The molecule has 0 N–H and O–H groups in total. The maximum Gasteiger partial charge on any atom is 0.226 e. The Balaban J connectivity index is 1.33. The van der Waals surface area contributed by atoms with Gasteiger partial charge in [0.15, 0.2) is 5.16 Å². The summed E-state index contributed by atoms with van der Waals surface area (Å²) in [5.74, 6) is 1.44. The van der Waals surface area contributed by atoms with Gasteiger partial charge in [-0.2, -0.15) is 4.98 Å². The van der Waals surface area contributed by atoms with Crippen molar-refractivity contribution in [2.75, 3.05) is 5.75 Å². The number of rotatable bonds is 7. The van der Waals surface area contributed by atoms with E-state index in [9.17, 15) is 4.39 Å². The van der Waals surface area contributed by atoms with E-state index in [-0.39, 0.29) is 5.82 Å². The maximum atomic E-state index is 13.7. The second kappa shape index (κ2) is 8.75. The van der Waals surface area contributed by atoms with Crippen molar-refractivity contribution in [1.82, 2.24) is 24.9 Å². The van der Waals surface area contributed by atoms with Crippen LogP contribution in [0.3, 0.4) is 0 Å². The Morgan fingerprint density at radius 1 is 1.21 bits per heavy atom. The summed E-state index contributed by atoms with van der Waals surface area (Å²) in [6, 6.07) is 12.4. The van der Waals surface area contributed by atoms with Gasteiger partial charge in [0.1, 0.15) is 12.1 Å². The van der Waals surface area contributed by atoms with Crippen molar-refractivity contribution in [1.29, 1.82) is 0 Å². The zero-order valence-electron chi connectivity index (χ0n) is 15.5. The Kier molecular flexibility index (Phi) is 5.92. The van der Waals surface area contributed by atoms with Crippen molar-refractivity contribution in [3.8, 4) is 17.1 Å². The van der Waals surface area contributed by atoms with Crippen molar-refractivity contribution in [3.05, 3.63) is 71.1 Å². The number of nitrogens with zero attached hydrogens (tertiary/aromatic N) is 5. The molecule has 2 aromatic heterocycles. The van der Waals surface area contributed by atoms with Gasteiger partial charge in [0.05, 0.1) is 5.69 Å². The lowest BCUT2D eigenvalue weighted by Gasteiger charge is -2.06. The van der Waals surface area contributed by atoms with Crippen molar-refractivity contribution >= 4 is 23.4 Å². The largest absolute Gasteiger partial charge is 0.339 e. The molecule has 0 fully saturated rings. The van der Waals surface area contributed by atoms with Crippen LogP contribution in [-0.2, 0) is 6.42 Å². The molecule has 0 amide bonds. The molecule has 0 atom stereocenters. The first-order chi connectivity index (χ1) is 14.1. The lowest BCUT2D eigenvalue weighted by molar-refractivity contribution is 0.378. The fraction of sp³-hybridized carbons (Fsp3) is 0.200. The van der Waals surface area contributed by atoms with Crippen LogP contribution in [0.25, 0.3) is 17.1 Å². The highest BCUT2D eigenvalue weighted by molar-refractivity contribution is 7.99. The van der Waals surface area contributed by atoms with Crippen molar-refractivity contribution < 1.29 is 8.91 Å². The molecule has 0 aliphatic heterocycles. The minimum absolute atomic E-state index is 0.283. The molecule has 0 unspecified atom stereocenters. The van der Waals surface area contributed by atoms with Crippen LogP contribution in [0.5, 0.6) is 0 Å². The van der Waals surface area contributed by atoms with Crippen molar-refractivity contribution in [3.63, 3.8) is 0 Å². The summed E-state index contributed by atoms with van der Waals surface area (Å²) in [5.41, 5.74) is 2.10. The molecule has 0 aliphatic carbocycles. The van der Waals surface area contributed by atoms with E-state index in [0.29, 0.717) is 34.3 Å². The Hall–Kier alpha value is -2.71. The third-order valence-corrected chi connectivity index (χ3v) is 5.53. The first kappa shape index (κ1) is 19.6. The fourth-order valence-electron chi connectivity index (χ4n) is 2.72. The Morgan fingerprint density at radius 3 is 2.93 bits per heavy atom. The number of hydrogen-bond donors (Lipinski definition) is 0. The molecule has 6 nitrogen and oxygen atoms in total. The zero-order valence-corrected chi connectivity index (χ0v) is 17.1. The number of thioether (sulfide) groups is 1. The van der Waals surface area contributed by atoms with Crippen LogP contribution in [0.15, 0.2) is 58.5 Å². The Morgan fingerprint density at radius 2 is 2.10 bits per heavy atom. The number of hydrogen-bond acceptors (Lipinski definition) is 6. The lowest BCUT2D eigenvalue weighted by Crippen LogP contribution is -1.96. The summed E-state index contributed by atoms with van der Waals surface area (Å²) < 4.78 is 20.9. The minimum atomic E-state index is -0.283. The van der Waals surface area contributed by atoms with Gasteiger partial charge in [-0.25, -0.2) is 4.39 Å². The van der Waals surface area contributed by atoms with Crippen molar-refractivity contribution in [2.45, 2.75) is 24.9 Å². The third-order valence-electron chi connectivity index (χ3n) is 4.27. The normalized spacial score (nSPS) is 11.1. The molecule has 0 bridgehead atoms. The van der Waals surface area contributed by atoms with Gasteiger partial charge in [0, 0.05) is 22.8 Å². The molecule has 0 spiro atoms. The van der Waals surface area contributed by atoms with E-state index >= 15 is 0 Å². The highest BCUT2D eigenvalue weighted by Gasteiger charge is 2.11. The lowest BCUT2D eigenvalue weighted by atomic mass is 10.1. The van der Waals surface area contributed by atoms with Gasteiger partial charge in [-0.05, 0) is 43.2 Å². The van der Waals surface area contributed by atoms with Gasteiger partial charge >= 0.3 is 0 Å². The van der Waals surface area contributed by atoms with Crippen LogP contribution >= 0.6 is 23.4 Å². The van der Waals surface area contributed by atoms with Crippen LogP contribution in [0.2, 0.25) is 5.02 Å². The molecule has 4 rings (SSSR count). The van der Waals surface area contributed by atoms with Crippen LogP contribution in [-0.4, -0.2) is 30.7 Å². The average Bonchev–Trinajstić information content (AvgIpc) is 3.37. The molecule has 0 saturated carbocycles. The van der Waals surface area contributed by atoms with E-state index in [1.165, 1.54) is 6.07 Å². The SMILES string of the molecule is Cc1ccc(-c2noc(CCCSc3nncn3-c3cccc(Cl)c3)n2)cc1F. The number of halogens is 2. The molecular formula is C20H17ClFN5OS. The van der Waals surface area contributed by atoms with Crippen molar-refractivity contribution in [2.24, 2.45) is 0 Å². The molecule has 0 aliphatic rings. The van der Waals surface area contributed by atoms with Crippen LogP contribution in [0.4, 0.5) is 4.39 Å². The summed E-state index contributed by atoms with van der Waals surface area (Å²) >= 11 is 7.65. The highest BCUT2D eigenvalue weighted by Crippen LogP contribution is 2.23. The second-order valence-corrected chi connectivity index (χ2v) is 7.89. The van der Waals surface area contributed by atoms with E-state index in [2.05, 4.69) is 20.3 Å². The predicted octanol–water partition coefficient (Wildman–Crippen LogP) is 5.14. The quantitative estimate of drug-likeness (QED) is 0.299. The van der Waals surface area contributed by atoms with Crippen LogP contribution in [0, 0.1) is 12.7 Å². The van der Waals surface area contributed by atoms with Gasteiger partial charge in [-0.1, -0.05) is 46.7 Å². The monoisotopic (exact) mass is 429 g/mol. The van der Waals surface area contributed by atoms with E-state index < -0.39 is 0 Å². The standard InChI is InChI=1S/C20H17ClFN5OS/c1-13-7-8-14(10-17(13)22)19-24-18(28-26-19)6-3-9-29-20-25-23-12-27(20)16-5-2-4-15(21)11-16/h2,4-5,7-8,10-12H,3,6,9H2,1H3. The average molecular weight is 430 g/mol. The van der Waals surface area contributed by atoms with E-state index in [1.54, 1.807) is 37.1 Å². The molecular weight excluding hydrogens is 413 g/mol. The predicted molar refractivity (Wildman–Crippen MR) is 110 cm³/mol. The van der Waals surface area contributed by atoms with Gasteiger partial charge in [0.2, 0.25) is 11.7 Å². The molecule has 148 valence electrons. The summed E-state index contributed by atoms with van der Waals surface area (Å²) in [5, 5.41) is 13.6. The van der Waals surface area contributed by atoms with E-state index in [0.717, 1.165) is 23.0 Å². The Bertz CT molecular complexity index is 1130. The summed E-state index contributed by atoms with van der Waals surface area (Å²) in [6.45, 7) is 1.71. The topological polar surface area (TPSA) is 69.6 Å². The number of benzene rings is 2. The summed E-state index contributed by atoms with van der Waals surface area (Å²) in [4.78, 5) is 4.36. The van der Waals surface area contributed by atoms with E-state index in [1.807, 2.05) is 28.8 Å². The van der Waals surface area contributed by atoms with Gasteiger partial charge in [-0.15, -0.1) is 10.2 Å². The molecule has 4 aromatic rings. The maximum absolute atomic E-state index is 13.7. The van der Waals surface area contributed by atoms with Gasteiger partial charge < -0.3 is 4.52 Å². The summed E-state index contributed by atoms with van der Waals surface area (Å²) in [6.07, 6.45) is 3.11. The van der Waals surface area contributed by atoms with Gasteiger partial charge in [-0.3, -0.25) is 4.57 Å². The minimum Gasteiger partial charge on any atom is -0.339 e. The van der Waals surface area contributed by atoms with Gasteiger partial charge in [0.25, 0.3) is 0 Å². The fourth-order valence-corrected chi connectivity index (χ4v) is 3.77. The number of aromatic nitrogens is 5. The summed E-state index contributed by atoms with van der Waals surface area (Å²) in [7, 11) is 0. The third kappa shape index (κ3) is 4.65. The molecule has 9 heteroatoms. The second-order valence-electron chi connectivity index (χ2n) is 6.39. The van der Waals surface area contributed by atoms with Crippen LogP contribution in [0.1, 0.15) is 17.9 Å². The molecule has 2 heterocycles. The highest BCUT2D eigenvalue weighted by atomic mass is 35.5. The first-order valence-electron chi connectivity index (χ1n) is 8.98.